The zero-order chi connectivity index (χ0) is 11.8. The first-order chi connectivity index (χ1) is 7.72. The summed E-state index contributed by atoms with van der Waals surface area (Å²) in [6.07, 6.45) is 5.60. The lowest BCUT2D eigenvalue weighted by atomic mass is 10.1. The number of carbonyl (C=O) groups excluding carboxylic acids is 1. The summed E-state index contributed by atoms with van der Waals surface area (Å²) in [4.78, 5) is 15.4. The Labute approximate surface area is 96.3 Å². The molecule has 4 nitrogen and oxygen atoms in total. The van der Waals surface area contributed by atoms with Crippen molar-refractivity contribution in [3.8, 4) is 0 Å². The van der Waals surface area contributed by atoms with Crippen LogP contribution in [0.1, 0.15) is 25.3 Å². The van der Waals surface area contributed by atoms with Gasteiger partial charge in [0.15, 0.2) is 0 Å². The van der Waals surface area contributed by atoms with E-state index in [9.17, 15) is 4.79 Å². The molecule has 16 heavy (non-hydrogen) atoms. The predicted octanol–water partition coefficient (Wildman–Crippen LogP) is 0.868. The Bertz CT molecular complexity index is 313. The number of pyridine rings is 1. The molecule has 1 atom stereocenters. The third kappa shape index (κ3) is 4.89. The van der Waals surface area contributed by atoms with Gasteiger partial charge in [-0.2, -0.15) is 0 Å². The van der Waals surface area contributed by atoms with E-state index in [1.54, 1.807) is 12.4 Å². The SMILES string of the molecule is CCC(N)CNC(=O)CCc1ccncc1. The summed E-state index contributed by atoms with van der Waals surface area (Å²) < 4.78 is 0. The van der Waals surface area contributed by atoms with E-state index in [0.717, 1.165) is 18.4 Å². The zero-order valence-corrected chi connectivity index (χ0v) is 9.65. The van der Waals surface area contributed by atoms with Crippen LogP contribution < -0.4 is 11.1 Å². The van der Waals surface area contributed by atoms with E-state index in [2.05, 4.69) is 10.3 Å². The maximum absolute atomic E-state index is 11.5. The van der Waals surface area contributed by atoms with Gasteiger partial charge in [-0.15, -0.1) is 0 Å². The highest BCUT2D eigenvalue weighted by molar-refractivity contribution is 5.76. The number of rotatable bonds is 6. The molecule has 1 aromatic heterocycles. The number of nitrogens with one attached hydrogen (secondary N) is 1. The van der Waals surface area contributed by atoms with Gasteiger partial charge in [0, 0.05) is 31.4 Å². The van der Waals surface area contributed by atoms with Gasteiger partial charge in [-0.3, -0.25) is 9.78 Å². The van der Waals surface area contributed by atoms with E-state index in [0.29, 0.717) is 13.0 Å². The smallest absolute Gasteiger partial charge is 0.220 e. The molecule has 1 rings (SSSR count). The zero-order valence-electron chi connectivity index (χ0n) is 9.65. The third-order valence-corrected chi connectivity index (χ3v) is 2.48. The molecule has 1 amide bonds. The Morgan fingerprint density at radius 3 is 2.81 bits per heavy atom. The number of amides is 1. The second kappa shape index (κ2) is 6.95. The summed E-state index contributed by atoms with van der Waals surface area (Å²) in [5.74, 6) is 0.0562. The number of aromatic nitrogens is 1. The van der Waals surface area contributed by atoms with E-state index in [1.165, 1.54) is 0 Å². The minimum atomic E-state index is 0.0562. The van der Waals surface area contributed by atoms with Crippen LogP contribution in [0, 0.1) is 0 Å². The molecular formula is C12H19N3O. The number of aryl methyl sites for hydroxylation is 1. The van der Waals surface area contributed by atoms with Crippen molar-refractivity contribution in [1.29, 1.82) is 0 Å². The molecule has 0 saturated carbocycles. The van der Waals surface area contributed by atoms with Crippen molar-refractivity contribution in [1.82, 2.24) is 10.3 Å². The predicted molar refractivity (Wildman–Crippen MR) is 63.8 cm³/mol. The molecule has 0 aliphatic carbocycles. The lowest BCUT2D eigenvalue weighted by Gasteiger charge is -2.10. The minimum absolute atomic E-state index is 0.0562. The molecular weight excluding hydrogens is 202 g/mol. The largest absolute Gasteiger partial charge is 0.355 e. The van der Waals surface area contributed by atoms with Crippen molar-refractivity contribution >= 4 is 5.91 Å². The lowest BCUT2D eigenvalue weighted by molar-refractivity contribution is -0.121. The Kier molecular flexibility index (Phi) is 5.50. The van der Waals surface area contributed by atoms with Crippen molar-refractivity contribution < 1.29 is 4.79 Å². The molecule has 3 N–H and O–H groups in total. The summed E-state index contributed by atoms with van der Waals surface area (Å²) in [6.45, 7) is 2.57. The molecule has 0 fully saturated rings. The standard InChI is InChI=1S/C12H19N3O/c1-2-11(13)9-15-12(16)4-3-10-5-7-14-8-6-10/h5-8,11H,2-4,9,13H2,1H3,(H,15,16). The van der Waals surface area contributed by atoms with Crippen LogP contribution in [0.3, 0.4) is 0 Å². The Morgan fingerprint density at radius 1 is 1.50 bits per heavy atom. The molecule has 4 heteroatoms. The quantitative estimate of drug-likeness (QED) is 0.749. The first-order valence-corrected chi connectivity index (χ1v) is 5.63. The van der Waals surface area contributed by atoms with Crippen molar-refractivity contribution in [3.63, 3.8) is 0 Å². The van der Waals surface area contributed by atoms with Crippen LogP contribution in [0.4, 0.5) is 0 Å². The maximum atomic E-state index is 11.5. The molecule has 0 radical (unpaired) electrons. The Balaban J connectivity index is 2.20. The Morgan fingerprint density at radius 2 is 2.19 bits per heavy atom. The van der Waals surface area contributed by atoms with Crippen LogP contribution in [0.25, 0.3) is 0 Å². The molecule has 0 saturated heterocycles. The number of hydrogen-bond acceptors (Lipinski definition) is 3. The van der Waals surface area contributed by atoms with E-state index >= 15 is 0 Å². The fourth-order valence-electron chi connectivity index (χ4n) is 1.28. The molecule has 1 aromatic rings. The molecule has 0 aliphatic rings. The van der Waals surface area contributed by atoms with Gasteiger partial charge < -0.3 is 11.1 Å². The molecule has 0 spiro atoms. The maximum Gasteiger partial charge on any atom is 0.220 e. The van der Waals surface area contributed by atoms with Crippen molar-refractivity contribution in [2.24, 2.45) is 5.73 Å². The van der Waals surface area contributed by atoms with Crippen molar-refractivity contribution in [2.45, 2.75) is 32.2 Å². The minimum Gasteiger partial charge on any atom is -0.355 e. The highest BCUT2D eigenvalue weighted by atomic mass is 16.1. The molecule has 1 heterocycles. The average molecular weight is 221 g/mol. The van der Waals surface area contributed by atoms with Crippen LogP contribution in [0.15, 0.2) is 24.5 Å². The van der Waals surface area contributed by atoms with Gasteiger partial charge in [0.1, 0.15) is 0 Å². The first-order valence-electron chi connectivity index (χ1n) is 5.63. The van der Waals surface area contributed by atoms with Gasteiger partial charge in [-0.1, -0.05) is 6.92 Å². The topological polar surface area (TPSA) is 68.0 Å². The second-order valence-corrected chi connectivity index (χ2v) is 3.83. The number of hydrogen-bond donors (Lipinski definition) is 2. The van der Waals surface area contributed by atoms with Gasteiger partial charge >= 0.3 is 0 Å². The third-order valence-electron chi connectivity index (χ3n) is 2.48. The van der Waals surface area contributed by atoms with Crippen LogP contribution >= 0.6 is 0 Å². The average Bonchev–Trinajstić information content (AvgIpc) is 2.34. The van der Waals surface area contributed by atoms with Gasteiger partial charge in [0.25, 0.3) is 0 Å². The summed E-state index contributed by atoms with van der Waals surface area (Å²) in [6, 6.07) is 3.90. The van der Waals surface area contributed by atoms with Gasteiger partial charge in [0.2, 0.25) is 5.91 Å². The molecule has 0 aromatic carbocycles. The van der Waals surface area contributed by atoms with E-state index < -0.39 is 0 Å². The highest BCUT2D eigenvalue weighted by Gasteiger charge is 2.04. The van der Waals surface area contributed by atoms with Crippen LogP contribution in [0.2, 0.25) is 0 Å². The van der Waals surface area contributed by atoms with Crippen molar-refractivity contribution in [2.75, 3.05) is 6.54 Å². The van der Waals surface area contributed by atoms with Crippen LogP contribution in [-0.4, -0.2) is 23.5 Å². The highest BCUT2D eigenvalue weighted by Crippen LogP contribution is 2.00. The van der Waals surface area contributed by atoms with Gasteiger partial charge in [-0.05, 0) is 30.5 Å². The summed E-state index contributed by atoms with van der Waals surface area (Å²) in [5.41, 5.74) is 6.84. The first kappa shape index (κ1) is 12.6. The van der Waals surface area contributed by atoms with E-state index in [-0.39, 0.29) is 11.9 Å². The van der Waals surface area contributed by atoms with Crippen LogP contribution in [0.5, 0.6) is 0 Å². The van der Waals surface area contributed by atoms with Gasteiger partial charge in [-0.25, -0.2) is 0 Å². The fraction of sp³-hybridized carbons (Fsp3) is 0.500. The molecule has 1 unspecified atom stereocenters. The number of carbonyl (C=O) groups is 1. The summed E-state index contributed by atoms with van der Waals surface area (Å²) in [5, 5.41) is 2.82. The number of nitrogens with two attached hydrogens (primary N) is 1. The second-order valence-electron chi connectivity index (χ2n) is 3.83. The monoisotopic (exact) mass is 221 g/mol. The van der Waals surface area contributed by atoms with Crippen LogP contribution in [-0.2, 0) is 11.2 Å². The fourth-order valence-corrected chi connectivity index (χ4v) is 1.28. The molecule has 88 valence electrons. The molecule has 0 aliphatic heterocycles. The van der Waals surface area contributed by atoms with Gasteiger partial charge in [0.05, 0.1) is 0 Å². The van der Waals surface area contributed by atoms with E-state index in [1.807, 2.05) is 19.1 Å². The molecule has 0 bridgehead atoms. The normalized spacial score (nSPS) is 12.1. The number of nitrogens with zero attached hydrogens (tertiary/aromatic N) is 1. The summed E-state index contributed by atoms with van der Waals surface area (Å²) >= 11 is 0. The van der Waals surface area contributed by atoms with E-state index in [4.69, 9.17) is 5.73 Å². The Hall–Kier alpha value is -1.42. The summed E-state index contributed by atoms with van der Waals surface area (Å²) in [7, 11) is 0. The lowest BCUT2D eigenvalue weighted by Crippen LogP contribution is -2.36. The van der Waals surface area contributed by atoms with Crippen molar-refractivity contribution in [3.05, 3.63) is 30.1 Å².